The van der Waals surface area contributed by atoms with Crippen LogP contribution in [0, 0.1) is 17.8 Å². The van der Waals surface area contributed by atoms with Crippen molar-refractivity contribution in [1.29, 1.82) is 0 Å². The molecule has 0 aromatic carbocycles. The number of ether oxygens (including phenoxy) is 2. The molecule has 2 aromatic heterocycles. The van der Waals surface area contributed by atoms with Gasteiger partial charge in [-0.15, -0.1) is 6.58 Å². The van der Waals surface area contributed by atoms with Gasteiger partial charge in [-0.25, -0.2) is 13.2 Å². The van der Waals surface area contributed by atoms with Crippen molar-refractivity contribution in [3.63, 3.8) is 0 Å². The van der Waals surface area contributed by atoms with E-state index in [1.165, 1.54) is 11.0 Å². The van der Waals surface area contributed by atoms with Crippen molar-refractivity contribution in [3.05, 3.63) is 71.2 Å². The molecule has 4 amide bonds. The lowest BCUT2D eigenvalue weighted by Gasteiger charge is -2.32. The molecule has 2 aromatic rings. The summed E-state index contributed by atoms with van der Waals surface area (Å²) in [6.45, 7) is 3.76. The van der Waals surface area contributed by atoms with Gasteiger partial charge in [0.2, 0.25) is 21.8 Å². The minimum atomic E-state index is -3.91. The Bertz CT molecular complexity index is 2110. The van der Waals surface area contributed by atoms with E-state index in [4.69, 9.17) is 9.47 Å². The summed E-state index contributed by atoms with van der Waals surface area (Å²) in [5.41, 5.74) is -0.728. The fourth-order valence-corrected chi connectivity index (χ4v) is 10.7. The van der Waals surface area contributed by atoms with Crippen molar-refractivity contribution in [2.24, 2.45) is 17.8 Å². The molecule has 8 rings (SSSR count). The standard InChI is InChI=1S/C41H51N5O9S/c1-2-27-23-41(27,39(50)44-56(52,53)30-18-19-30)43-36(47)32-22-29-24-46(32)38(49)35(26-12-6-7-13-26)42-40(51)55-33-17-10-14-25(33)11-4-3-5-16-31-34(54-29)21-28-15-8-9-20-45(28)37(31)48/h2-3,5,8-9,15,20-21,25-27,29-30,32-33,35H,1,4,6-7,10-14,16-19,22-24H2,(H,42,51)(H,43,47)(H,44,50)/b5-3+/t25-,27-,29-,32+,33-,35+,41+/m1/s1. The minimum absolute atomic E-state index is 0.0173. The predicted octanol–water partition coefficient (Wildman–Crippen LogP) is 3.66. The van der Waals surface area contributed by atoms with Crippen LogP contribution in [0.3, 0.4) is 0 Å². The number of carbonyl (C=O) groups is 4. The second kappa shape index (κ2) is 15.4. The Hall–Kier alpha value is -4.66. The number of aromatic nitrogens is 1. The first kappa shape index (κ1) is 38.2. The predicted molar refractivity (Wildman–Crippen MR) is 206 cm³/mol. The van der Waals surface area contributed by atoms with Gasteiger partial charge in [0, 0.05) is 24.6 Å². The first-order valence-corrected chi connectivity index (χ1v) is 21.7. The number of amides is 4. The van der Waals surface area contributed by atoms with Crippen molar-refractivity contribution in [2.45, 2.75) is 125 Å². The molecule has 300 valence electrons. The number of nitrogens with one attached hydrogen (secondary N) is 3. The second-order valence-corrected chi connectivity index (χ2v) is 18.5. The number of carbonyl (C=O) groups excluding carboxylic acids is 4. The molecule has 0 unspecified atom stereocenters. The number of fused-ring (bicyclic) bond motifs is 5. The summed E-state index contributed by atoms with van der Waals surface area (Å²) in [5, 5.41) is 5.11. The first-order valence-electron chi connectivity index (χ1n) is 20.2. The van der Waals surface area contributed by atoms with Crippen LogP contribution in [0.2, 0.25) is 0 Å². The zero-order chi connectivity index (χ0) is 39.2. The summed E-state index contributed by atoms with van der Waals surface area (Å²) in [7, 11) is -3.91. The topological polar surface area (TPSA) is 182 Å². The van der Waals surface area contributed by atoms with Gasteiger partial charge in [0.25, 0.3) is 11.5 Å². The van der Waals surface area contributed by atoms with Gasteiger partial charge in [0.05, 0.1) is 22.9 Å². The number of nitrogens with zero attached hydrogens (tertiary/aromatic N) is 2. The second-order valence-electron chi connectivity index (χ2n) is 16.5. The highest BCUT2D eigenvalue weighted by molar-refractivity contribution is 7.91. The fraction of sp³-hybridized carbons (Fsp3) is 0.585. The quantitative estimate of drug-likeness (QED) is 0.353. The van der Waals surface area contributed by atoms with E-state index in [-0.39, 0.29) is 42.9 Å². The summed E-state index contributed by atoms with van der Waals surface area (Å²) in [6.07, 6.45) is 14.3. The molecule has 14 nitrogen and oxygen atoms in total. The van der Waals surface area contributed by atoms with Gasteiger partial charge >= 0.3 is 6.09 Å². The van der Waals surface area contributed by atoms with Crippen LogP contribution in [0.1, 0.15) is 89.0 Å². The van der Waals surface area contributed by atoms with Gasteiger partial charge in [0.15, 0.2) is 0 Å². The zero-order valence-corrected chi connectivity index (χ0v) is 32.3. The highest BCUT2D eigenvalue weighted by Gasteiger charge is 2.62. The number of allylic oxidation sites excluding steroid dienone is 2. The van der Waals surface area contributed by atoms with Crippen LogP contribution >= 0.6 is 0 Å². The third-order valence-electron chi connectivity index (χ3n) is 12.8. The number of hydrogen-bond donors (Lipinski definition) is 3. The van der Waals surface area contributed by atoms with Crippen molar-refractivity contribution in [1.82, 2.24) is 24.7 Å². The Kier molecular flexibility index (Phi) is 10.5. The number of rotatable bonds is 7. The largest absolute Gasteiger partial charge is 0.488 e. The van der Waals surface area contributed by atoms with Crippen LogP contribution in [0.4, 0.5) is 4.79 Å². The smallest absolute Gasteiger partial charge is 0.408 e. The number of hydrogen-bond acceptors (Lipinski definition) is 9. The van der Waals surface area contributed by atoms with Crippen LogP contribution in [-0.4, -0.2) is 83.2 Å². The molecule has 0 radical (unpaired) electrons. The van der Waals surface area contributed by atoms with E-state index < -0.39 is 68.7 Å². The SMILES string of the molecule is C=C[C@@H]1C[C@@]1(NC(=O)[C@@H]1C[C@@H]2CN1C(=O)[C@H](C1CCCC1)NC(=O)O[C@@H]1CCC[C@H]1CC/C=C/Cc1c(cc3ccccn3c1=O)O2)C(=O)NS(=O)(=O)C1CC1. The average molecular weight is 790 g/mol. The Balaban J connectivity index is 1.14. The molecule has 3 N–H and O–H groups in total. The van der Waals surface area contributed by atoms with Crippen molar-refractivity contribution < 1.29 is 37.1 Å². The third-order valence-corrected chi connectivity index (χ3v) is 14.6. The monoisotopic (exact) mass is 789 g/mol. The summed E-state index contributed by atoms with van der Waals surface area (Å²) < 4.78 is 41.9. The Morgan fingerprint density at radius 1 is 0.964 bits per heavy atom. The normalized spacial score (nSPS) is 31.8. The van der Waals surface area contributed by atoms with Crippen molar-refractivity contribution >= 4 is 39.4 Å². The molecule has 7 atom stereocenters. The Morgan fingerprint density at radius 3 is 2.50 bits per heavy atom. The molecule has 4 saturated carbocycles. The highest BCUT2D eigenvalue weighted by atomic mass is 32.2. The van der Waals surface area contributed by atoms with Crippen molar-refractivity contribution in [3.8, 4) is 5.75 Å². The van der Waals surface area contributed by atoms with Crippen LogP contribution in [0.5, 0.6) is 5.75 Å². The molecule has 6 aliphatic rings. The molecule has 15 heteroatoms. The van der Waals surface area contributed by atoms with E-state index in [9.17, 15) is 32.4 Å². The molecule has 2 aliphatic heterocycles. The molecule has 4 aliphatic carbocycles. The highest BCUT2D eigenvalue weighted by Crippen LogP contribution is 2.46. The molecule has 0 spiro atoms. The fourth-order valence-electron chi connectivity index (χ4n) is 9.36. The van der Waals surface area contributed by atoms with E-state index in [2.05, 4.69) is 21.9 Å². The maximum atomic E-state index is 14.8. The maximum absolute atomic E-state index is 14.8. The maximum Gasteiger partial charge on any atom is 0.408 e. The number of pyridine rings is 2. The van der Waals surface area contributed by atoms with Gasteiger partial charge in [-0.05, 0) is 94.6 Å². The van der Waals surface area contributed by atoms with Crippen LogP contribution in [0.15, 0.2) is 60.1 Å². The molecule has 4 heterocycles. The molecular weight excluding hydrogens is 739 g/mol. The number of sulfonamides is 1. The van der Waals surface area contributed by atoms with E-state index in [1.807, 2.05) is 24.3 Å². The van der Waals surface area contributed by atoms with E-state index in [1.54, 1.807) is 22.7 Å². The average Bonchev–Trinajstić information content (AvgIpc) is 3.96. The van der Waals surface area contributed by atoms with E-state index >= 15 is 0 Å². The zero-order valence-electron chi connectivity index (χ0n) is 31.5. The van der Waals surface area contributed by atoms with Gasteiger partial charge in [-0.1, -0.05) is 37.1 Å². The van der Waals surface area contributed by atoms with Gasteiger partial charge in [-0.2, -0.15) is 0 Å². The molecular formula is C41H51N5O9S. The summed E-state index contributed by atoms with van der Waals surface area (Å²) in [4.78, 5) is 71.8. The number of alkyl carbamates (subject to hydrolysis) is 1. The third kappa shape index (κ3) is 7.58. The Morgan fingerprint density at radius 2 is 1.75 bits per heavy atom. The lowest BCUT2D eigenvalue weighted by Crippen LogP contribution is -2.59. The van der Waals surface area contributed by atoms with E-state index in [0.717, 1.165) is 44.9 Å². The minimum Gasteiger partial charge on any atom is -0.488 e. The van der Waals surface area contributed by atoms with Crippen LogP contribution < -0.4 is 25.7 Å². The van der Waals surface area contributed by atoms with Crippen LogP contribution in [-0.2, 0) is 35.6 Å². The summed E-state index contributed by atoms with van der Waals surface area (Å²) in [5.74, 6) is -2.14. The van der Waals surface area contributed by atoms with E-state index in [0.29, 0.717) is 48.9 Å². The first-order chi connectivity index (χ1) is 27.0. The van der Waals surface area contributed by atoms with Gasteiger partial charge in [-0.3, -0.25) is 28.3 Å². The molecule has 1 saturated heterocycles. The summed E-state index contributed by atoms with van der Waals surface area (Å²) >= 11 is 0. The lowest BCUT2D eigenvalue weighted by atomic mass is 9.96. The van der Waals surface area contributed by atoms with Gasteiger partial charge < -0.3 is 25.0 Å². The van der Waals surface area contributed by atoms with Crippen molar-refractivity contribution in [2.75, 3.05) is 6.54 Å². The van der Waals surface area contributed by atoms with Crippen LogP contribution in [0.25, 0.3) is 5.52 Å². The molecule has 56 heavy (non-hydrogen) atoms. The molecule has 2 bridgehead atoms. The lowest BCUT2D eigenvalue weighted by molar-refractivity contribution is -0.142. The van der Waals surface area contributed by atoms with Gasteiger partial charge in [0.1, 0.15) is 35.6 Å². The Labute approximate surface area is 326 Å². The summed E-state index contributed by atoms with van der Waals surface area (Å²) in [6, 6.07) is 5.10. The molecule has 5 fully saturated rings.